The van der Waals surface area contributed by atoms with E-state index in [4.69, 9.17) is 11.5 Å². The predicted molar refractivity (Wildman–Crippen MR) is 68.0 cm³/mol. The standard InChI is InChI=1S/C13H17N3/c1-8-4-3-5-10(6-8)13-12(15)11(7-14)9(2)16-13/h3-6,16H,7,14-15H2,1-2H3. The highest BCUT2D eigenvalue weighted by atomic mass is 14.8. The monoisotopic (exact) mass is 215 g/mol. The minimum atomic E-state index is 0.472. The molecule has 0 bridgehead atoms. The van der Waals surface area contributed by atoms with Crippen molar-refractivity contribution in [2.75, 3.05) is 5.73 Å². The van der Waals surface area contributed by atoms with Crippen molar-refractivity contribution in [1.29, 1.82) is 0 Å². The van der Waals surface area contributed by atoms with Crippen molar-refractivity contribution >= 4 is 5.69 Å². The fourth-order valence-electron chi connectivity index (χ4n) is 1.97. The Bertz CT molecular complexity index is 512. The van der Waals surface area contributed by atoms with E-state index in [-0.39, 0.29) is 0 Å². The third kappa shape index (κ3) is 1.70. The van der Waals surface area contributed by atoms with E-state index in [1.165, 1.54) is 5.56 Å². The maximum Gasteiger partial charge on any atom is 0.0693 e. The summed E-state index contributed by atoms with van der Waals surface area (Å²) in [6, 6.07) is 8.26. The van der Waals surface area contributed by atoms with Crippen LogP contribution in [0.25, 0.3) is 11.3 Å². The molecule has 0 spiro atoms. The molecule has 0 saturated carbocycles. The van der Waals surface area contributed by atoms with Crippen LogP contribution in [0.4, 0.5) is 5.69 Å². The predicted octanol–water partition coefficient (Wildman–Crippen LogP) is 2.34. The second-order valence-corrected chi connectivity index (χ2v) is 4.09. The molecule has 1 aromatic heterocycles. The van der Waals surface area contributed by atoms with Gasteiger partial charge >= 0.3 is 0 Å². The van der Waals surface area contributed by atoms with E-state index in [1.54, 1.807) is 0 Å². The van der Waals surface area contributed by atoms with Crippen LogP contribution in [0.3, 0.4) is 0 Å². The number of aromatic amines is 1. The van der Waals surface area contributed by atoms with Crippen LogP contribution in [-0.4, -0.2) is 4.98 Å². The quantitative estimate of drug-likeness (QED) is 0.719. The second kappa shape index (κ2) is 4.02. The third-order valence-electron chi connectivity index (χ3n) is 2.87. The van der Waals surface area contributed by atoms with Gasteiger partial charge in [-0.15, -0.1) is 0 Å². The van der Waals surface area contributed by atoms with Gasteiger partial charge in [-0.05, 0) is 19.9 Å². The molecule has 16 heavy (non-hydrogen) atoms. The third-order valence-corrected chi connectivity index (χ3v) is 2.87. The topological polar surface area (TPSA) is 67.8 Å². The molecule has 0 aliphatic rings. The van der Waals surface area contributed by atoms with E-state index in [0.29, 0.717) is 6.54 Å². The maximum atomic E-state index is 6.09. The Morgan fingerprint density at radius 3 is 2.56 bits per heavy atom. The van der Waals surface area contributed by atoms with E-state index >= 15 is 0 Å². The Balaban J connectivity index is 2.56. The molecule has 1 aromatic carbocycles. The normalized spacial score (nSPS) is 10.7. The van der Waals surface area contributed by atoms with Crippen molar-refractivity contribution in [3.8, 4) is 11.3 Å². The van der Waals surface area contributed by atoms with Crippen LogP contribution in [-0.2, 0) is 6.54 Å². The minimum absolute atomic E-state index is 0.472. The van der Waals surface area contributed by atoms with Gasteiger partial charge in [0, 0.05) is 23.4 Å². The molecule has 3 heteroatoms. The van der Waals surface area contributed by atoms with Crippen LogP contribution in [0.5, 0.6) is 0 Å². The number of nitrogens with one attached hydrogen (secondary N) is 1. The first kappa shape index (κ1) is 10.8. The van der Waals surface area contributed by atoms with Crippen molar-refractivity contribution in [1.82, 2.24) is 4.98 Å². The van der Waals surface area contributed by atoms with Crippen molar-refractivity contribution < 1.29 is 0 Å². The van der Waals surface area contributed by atoms with Gasteiger partial charge in [0.15, 0.2) is 0 Å². The summed E-state index contributed by atoms with van der Waals surface area (Å²) in [5.41, 5.74) is 17.9. The van der Waals surface area contributed by atoms with Gasteiger partial charge in [-0.1, -0.05) is 23.8 Å². The number of aromatic nitrogens is 1. The van der Waals surface area contributed by atoms with E-state index < -0.39 is 0 Å². The average molecular weight is 215 g/mol. The van der Waals surface area contributed by atoms with Crippen molar-refractivity contribution in [2.24, 2.45) is 5.73 Å². The number of anilines is 1. The van der Waals surface area contributed by atoms with E-state index in [1.807, 2.05) is 13.0 Å². The van der Waals surface area contributed by atoms with Crippen LogP contribution in [0.2, 0.25) is 0 Å². The summed E-state index contributed by atoms with van der Waals surface area (Å²) >= 11 is 0. The first-order valence-corrected chi connectivity index (χ1v) is 5.37. The Morgan fingerprint density at radius 2 is 2.00 bits per heavy atom. The van der Waals surface area contributed by atoms with Gasteiger partial charge in [-0.2, -0.15) is 0 Å². The molecule has 2 rings (SSSR count). The maximum absolute atomic E-state index is 6.09. The summed E-state index contributed by atoms with van der Waals surface area (Å²) in [6.07, 6.45) is 0. The molecule has 0 saturated heterocycles. The summed E-state index contributed by atoms with van der Waals surface area (Å²) in [4.78, 5) is 3.30. The molecule has 0 fully saturated rings. The van der Waals surface area contributed by atoms with E-state index in [0.717, 1.165) is 28.2 Å². The number of hydrogen-bond acceptors (Lipinski definition) is 2. The number of nitrogen functional groups attached to an aromatic ring is 1. The molecule has 0 radical (unpaired) electrons. The second-order valence-electron chi connectivity index (χ2n) is 4.09. The lowest BCUT2D eigenvalue weighted by molar-refractivity contribution is 1.05. The number of nitrogens with two attached hydrogens (primary N) is 2. The number of rotatable bonds is 2. The van der Waals surface area contributed by atoms with Gasteiger partial charge in [-0.3, -0.25) is 0 Å². The Labute approximate surface area is 95.5 Å². The molecule has 3 nitrogen and oxygen atoms in total. The summed E-state index contributed by atoms with van der Waals surface area (Å²) in [7, 11) is 0. The van der Waals surface area contributed by atoms with Crippen LogP contribution in [0.1, 0.15) is 16.8 Å². The first-order valence-electron chi connectivity index (χ1n) is 5.37. The van der Waals surface area contributed by atoms with Crippen LogP contribution < -0.4 is 11.5 Å². The highest BCUT2D eigenvalue weighted by Gasteiger charge is 2.12. The Hall–Kier alpha value is -1.74. The molecule has 0 atom stereocenters. The summed E-state index contributed by atoms with van der Waals surface area (Å²) in [5, 5.41) is 0. The molecule has 0 amide bonds. The number of benzene rings is 1. The van der Waals surface area contributed by atoms with Crippen molar-refractivity contribution in [3.05, 3.63) is 41.1 Å². The molecular weight excluding hydrogens is 198 g/mol. The molecule has 2 aromatic rings. The van der Waals surface area contributed by atoms with Gasteiger partial charge in [0.1, 0.15) is 0 Å². The number of aryl methyl sites for hydroxylation is 2. The minimum Gasteiger partial charge on any atom is -0.397 e. The molecule has 84 valence electrons. The van der Waals surface area contributed by atoms with Crippen molar-refractivity contribution in [3.63, 3.8) is 0 Å². The zero-order valence-corrected chi connectivity index (χ0v) is 9.67. The van der Waals surface area contributed by atoms with Gasteiger partial charge in [0.25, 0.3) is 0 Å². The first-order chi connectivity index (χ1) is 7.63. The van der Waals surface area contributed by atoms with Crippen LogP contribution in [0, 0.1) is 13.8 Å². The molecule has 0 unspecified atom stereocenters. The SMILES string of the molecule is Cc1cccc(-c2[nH]c(C)c(CN)c2N)c1. The summed E-state index contributed by atoms with van der Waals surface area (Å²) in [6.45, 7) is 4.54. The van der Waals surface area contributed by atoms with Gasteiger partial charge < -0.3 is 16.5 Å². The smallest absolute Gasteiger partial charge is 0.0693 e. The lowest BCUT2D eigenvalue weighted by Gasteiger charge is -2.02. The van der Waals surface area contributed by atoms with Crippen LogP contribution in [0.15, 0.2) is 24.3 Å². The number of hydrogen-bond donors (Lipinski definition) is 3. The van der Waals surface area contributed by atoms with Gasteiger partial charge in [0.2, 0.25) is 0 Å². The average Bonchev–Trinajstić information content (AvgIpc) is 2.54. The fourth-order valence-corrected chi connectivity index (χ4v) is 1.97. The molecular formula is C13H17N3. The highest BCUT2D eigenvalue weighted by Crippen LogP contribution is 2.30. The fraction of sp³-hybridized carbons (Fsp3) is 0.231. The molecule has 5 N–H and O–H groups in total. The summed E-state index contributed by atoms with van der Waals surface area (Å²) in [5.74, 6) is 0. The summed E-state index contributed by atoms with van der Waals surface area (Å²) < 4.78 is 0. The van der Waals surface area contributed by atoms with E-state index in [2.05, 4.69) is 30.1 Å². The lowest BCUT2D eigenvalue weighted by Crippen LogP contribution is -2.00. The highest BCUT2D eigenvalue weighted by molar-refractivity contribution is 5.77. The Kier molecular flexibility index (Phi) is 2.71. The largest absolute Gasteiger partial charge is 0.397 e. The van der Waals surface area contributed by atoms with E-state index in [9.17, 15) is 0 Å². The Morgan fingerprint density at radius 1 is 1.25 bits per heavy atom. The molecule has 1 heterocycles. The lowest BCUT2D eigenvalue weighted by atomic mass is 10.1. The zero-order chi connectivity index (χ0) is 11.7. The number of H-pyrrole nitrogens is 1. The molecule has 0 aliphatic carbocycles. The zero-order valence-electron chi connectivity index (χ0n) is 9.67. The van der Waals surface area contributed by atoms with Crippen molar-refractivity contribution in [2.45, 2.75) is 20.4 Å². The van der Waals surface area contributed by atoms with Gasteiger partial charge in [0.05, 0.1) is 11.4 Å². The van der Waals surface area contributed by atoms with Crippen LogP contribution >= 0.6 is 0 Å². The molecule has 0 aliphatic heterocycles. The van der Waals surface area contributed by atoms with Gasteiger partial charge in [-0.25, -0.2) is 0 Å².